The van der Waals surface area contributed by atoms with E-state index in [1.807, 2.05) is 42.5 Å². The number of hydrogen-bond donors (Lipinski definition) is 1. The second-order valence-corrected chi connectivity index (χ2v) is 5.74. The minimum absolute atomic E-state index is 0.179. The lowest BCUT2D eigenvalue weighted by atomic mass is 10.1. The summed E-state index contributed by atoms with van der Waals surface area (Å²) in [6, 6.07) is 19.8. The Labute approximate surface area is 157 Å². The summed E-state index contributed by atoms with van der Waals surface area (Å²) >= 11 is 0. The summed E-state index contributed by atoms with van der Waals surface area (Å²) in [5, 5.41) is 2.82. The van der Waals surface area contributed by atoms with Crippen molar-refractivity contribution in [3.63, 3.8) is 0 Å². The van der Waals surface area contributed by atoms with Crippen LogP contribution in [0, 0.1) is 0 Å². The minimum Gasteiger partial charge on any atom is -0.468 e. The summed E-state index contributed by atoms with van der Waals surface area (Å²) in [4.78, 5) is 29.8. The normalized spacial score (nSPS) is 10.1. The van der Waals surface area contributed by atoms with Crippen molar-refractivity contribution in [1.82, 2.24) is 4.98 Å². The van der Waals surface area contributed by atoms with Crippen molar-refractivity contribution >= 4 is 23.4 Å². The van der Waals surface area contributed by atoms with E-state index in [1.54, 1.807) is 36.7 Å². The van der Waals surface area contributed by atoms with Crippen LogP contribution in [0.2, 0.25) is 0 Å². The number of anilines is 2. The van der Waals surface area contributed by atoms with Gasteiger partial charge in [-0.15, -0.1) is 0 Å². The van der Waals surface area contributed by atoms with E-state index in [2.05, 4.69) is 10.3 Å². The van der Waals surface area contributed by atoms with Crippen molar-refractivity contribution in [2.24, 2.45) is 0 Å². The highest BCUT2D eigenvalue weighted by atomic mass is 16.5. The van der Waals surface area contributed by atoms with Gasteiger partial charge in [-0.2, -0.15) is 0 Å². The largest absolute Gasteiger partial charge is 0.468 e. The maximum Gasteiger partial charge on any atom is 0.326 e. The summed E-state index contributed by atoms with van der Waals surface area (Å²) < 4.78 is 4.70. The third kappa shape index (κ3) is 4.70. The molecule has 0 saturated heterocycles. The maximum atomic E-state index is 12.7. The number of carbonyl (C=O) groups excluding carboxylic acids is 2. The molecule has 0 aliphatic rings. The number of methoxy groups -OCH3 is 1. The van der Waals surface area contributed by atoms with Gasteiger partial charge in [-0.1, -0.05) is 30.3 Å². The van der Waals surface area contributed by atoms with Crippen LogP contribution in [0.3, 0.4) is 0 Å². The van der Waals surface area contributed by atoms with E-state index in [1.165, 1.54) is 12.0 Å². The van der Waals surface area contributed by atoms with Crippen LogP contribution in [0.15, 0.2) is 79.1 Å². The molecule has 0 aliphatic carbocycles. The first-order chi connectivity index (χ1) is 13.2. The van der Waals surface area contributed by atoms with E-state index in [0.29, 0.717) is 11.4 Å². The second-order valence-electron chi connectivity index (χ2n) is 5.74. The van der Waals surface area contributed by atoms with Gasteiger partial charge in [0, 0.05) is 23.8 Å². The van der Waals surface area contributed by atoms with Gasteiger partial charge in [0.2, 0.25) is 0 Å². The summed E-state index contributed by atoms with van der Waals surface area (Å²) in [6.07, 6.45) is 3.46. The first-order valence-electron chi connectivity index (χ1n) is 8.38. The van der Waals surface area contributed by atoms with Gasteiger partial charge in [-0.3, -0.25) is 14.7 Å². The van der Waals surface area contributed by atoms with Gasteiger partial charge >= 0.3 is 12.0 Å². The average molecular weight is 361 g/mol. The Balaban J connectivity index is 1.76. The Morgan fingerprint density at radius 2 is 1.56 bits per heavy atom. The summed E-state index contributed by atoms with van der Waals surface area (Å²) in [6.45, 7) is -0.179. The first kappa shape index (κ1) is 18.1. The van der Waals surface area contributed by atoms with E-state index in [9.17, 15) is 9.59 Å². The Bertz CT molecular complexity index is 897. The fourth-order valence-electron chi connectivity index (χ4n) is 2.56. The maximum absolute atomic E-state index is 12.7. The number of rotatable bonds is 5. The summed E-state index contributed by atoms with van der Waals surface area (Å²) in [5.74, 6) is -0.498. The van der Waals surface area contributed by atoms with E-state index in [0.717, 1.165) is 11.1 Å². The SMILES string of the molecule is COC(=O)CN(C(=O)Nc1ccc(-c2ccncc2)cc1)c1ccccc1. The highest BCUT2D eigenvalue weighted by Gasteiger charge is 2.19. The number of esters is 1. The first-order valence-corrected chi connectivity index (χ1v) is 8.38. The molecular weight excluding hydrogens is 342 g/mol. The van der Waals surface area contributed by atoms with Crippen LogP contribution in [0.1, 0.15) is 0 Å². The van der Waals surface area contributed by atoms with Crippen molar-refractivity contribution in [2.45, 2.75) is 0 Å². The monoisotopic (exact) mass is 361 g/mol. The number of pyridine rings is 1. The highest BCUT2D eigenvalue weighted by Crippen LogP contribution is 2.21. The zero-order valence-corrected chi connectivity index (χ0v) is 14.8. The molecule has 1 aromatic heterocycles. The van der Waals surface area contributed by atoms with Crippen molar-refractivity contribution in [2.75, 3.05) is 23.9 Å². The molecule has 0 saturated carbocycles. The fourth-order valence-corrected chi connectivity index (χ4v) is 2.56. The Morgan fingerprint density at radius 3 is 2.19 bits per heavy atom. The van der Waals surface area contributed by atoms with Gasteiger partial charge in [0.15, 0.2) is 0 Å². The molecule has 3 rings (SSSR count). The number of hydrogen-bond acceptors (Lipinski definition) is 4. The van der Waals surface area contributed by atoms with Gasteiger partial charge in [0.25, 0.3) is 0 Å². The topological polar surface area (TPSA) is 71.5 Å². The van der Waals surface area contributed by atoms with Crippen molar-refractivity contribution in [3.05, 3.63) is 79.1 Å². The number of urea groups is 1. The number of nitrogens with zero attached hydrogens (tertiary/aromatic N) is 2. The van der Waals surface area contributed by atoms with Crippen LogP contribution < -0.4 is 10.2 Å². The smallest absolute Gasteiger partial charge is 0.326 e. The molecule has 3 aromatic rings. The standard InChI is InChI=1S/C21H19N3O3/c1-27-20(25)15-24(19-5-3-2-4-6-19)21(26)23-18-9-7-16(8-10-18)17-11-13-22-14-12-17/h2-14H,15H2,1H3,(H,23,26). The lowest BCUT2D eigenvalue weighted by Gasteiger charge is -2.22. The number of para-hydroxylation sites is 1. The van der Waals surface area contributed by atoms with Crippen LogP contribution in [0.25, 0.3) is 11.1 Å². The molecule has 0 fully saturated rings. The molecule has 136 valence electrons. The van der Waals surface area contributed by atoms with Gasteiger partial charge in [0.05, 0.1) is 7.11 Å². The Hall–Kier alpha value is -3.67. The van der Waals surface area contributed by atoms with Crippen molar-refractivity contribution < 1.29 is 14.3 Å². The quantitative estimate of drug-likeness (QED) is 0.698. The molecule has 27 heavy (non-hydrogen) atoms. The fraction of sp³-hybridized carbons (Fsp3) is 0.0952. The molecule has 1 heterocycles. The molecule has 2 amide bonds. The third-order valence-electron chi connectivity index (χ3n) is 3.98. The summed E-state index contributed by atoms with van der Waals surface area (Å²) in [5.41, 5.74) is 3.29. The number of aromatic nitrogens is 1. The van der Waals surface area contributed by atoms with Crippen LogP contribution in [-0.2, 0) is 9.53 Å². The lowest BCUT2D eigenvalue weighted by molar-refractivity contribution is -0.138. The van der Waals surface area contributed by atoms with E-state index in [4.69, 9.17) is 4.74 Å². The van der Waals surface area contributed by atoms with Crippen LogP contribution in [-0.4, -0.2) is 30.6 Å². The summed E-state index contributed by atoms with van der Waals surface area (Å²) in [7, 11) is 1.29. The van der Waals surface area contributed by atoms with Crippen molar-refractivity contribution in [1.29, 1.82) is 0 Å². The molecule has 0 atom stereocenters. The third-order valence-corrected chi connectivity index (χ3v) is 3.98. The molecular formula is C21H19N3O3. The molecule has 6 nitrogen and oxygen atoms in total. The van der Waals surface area contributed by atoms with Gasteiger partial charge in [0.1, 0.15) is 6.54 Å². The number of nitrogens with one attached hydrogen (secondary N) is 1. The average Bonchev–Trinajstić information content (AvgIpc) is 2.73. The number of carbonyl (C=O) groups is 2. The van der Waals surface area contributed by atoms with E-state index < -0.39 is 12.0 Å². The van der Waals surface area contributed by atoms with Gasteiger partial charge in [-0.25, -0.2) is 4.79 Å². The number of amides is 2. The van der Waals surface area contributed by atoms with Crippen LogP contribution in [0.5, 0.6) is 0 Å². The van der Waals surface area contributed by atoms with Crippen LogP contribution in [0.4, 0.5) is 16.2 Å². The molecule has 0 bridgehead atoms. The van der Waals surface area contributed by atoms with Crippen molar-refractivity contribution in [3.8, 4) is 11.1 Å². The Morgan fingerprint density at radius 1 is 0.926 bits per heavy atom. The molecule has 0 spiro atoms. The predicted octanol–water partition coefficient (Wildman–Crippen LogP) is 3.96. The Kier molecular flexibility index (Phi) is 5.79. The number of benzene rings is 2. The molecule has 0 unspecified atom stereocenters. The van der Waals surface area contributed by atoms with Crippen LogP contribution >= 0.6 is 0 Å². The molecule has 2 aromatic carbocycles. The zero-order chi connectivity index (χ0) is 19.1. The molecule has 1 N–H and O–H groups in total. The minimum atomic E-state index is -0.498. The van der Waals surface area contributed by atoms with Gasteiger partial charge in [-0.05, 0) is 47.5 Å². The molecule has 0 aliphatic heterocycles. The molecule has 0 radical (unpaired) electrons. The predicted molar refractivity (Wildman–Crippen MR) is 104 cm³/mol. The second kappa shape index (κ2) is 8.62. The molecule has 6 heteroatoms. The zero-order valence-electron chi connectivity index (χ0n) is 14.8. The van der Waals surface area contributed by atoms with Gasteiger partial charge < -0.3 is 10.1 Å². The highest BCUT2D eigenvalue weighted by molar-refractivity contribution is 6.04. The van der Waals surface area contributed by atoms with E-state index in [-0.39, 0.29) is 6.54 Å². The lowest BCUT2D eigenvalue weighted by Crippen LogP contribution is -2.39. The van der Waals surface area contributed by atoms with E-state index >= 15 is 0 Å². The number of ether oxygens (including phenoxy) is 1.